The molecule has 0 bridgehead atoms. The summed E-state index contributed by atoms with van der Waals surface area (Å²) in [6.45, 7) is 2.26. The Balaban J connectivity index is 1.93. The van der Waals surface area contributed by atoms with Crippen LogP contribution in [0.4, 0.5) is 4.39 Å². The molecule has 1 aliphatic rings. The lowest BCUT2D eigenvalue weighted by Crippen LogP contribution is -2.21. The van der Waals surface area contributed by atoms with Crippen LogP contribution in [0.3, 0.4) is 0 Å². The molecule has 1 aromatic rings. The van der Waals surface area contributed by atoms with Gasteiger partial charge in [0.15, 0.2) is 0 Å². The largest absolute Gasteiger partial charge is 0.493 e. The highest BCUT2D eigenvalue weighted by atomic mass is 35.5. The fourth-order valence-electron chi connectivity index (χ4n) is 1.91. The second kappa shape index (κ2) is 6.22. The van der Waals surface area contributed by atoms with Crippen molar-refractivity contribution in [2.24, 2.45) is 5.92 Å². The first-order chi connectivity index (χ1) is 8.29. The van der Waals surface area contributed by atoms with E-state index in [1.165, 1.54) is 12.1 Å². The van der Waals surface area contributed by atoms with Gasteiger partial charge in [-0.1, -0.05) is 0 Å². The monoisotopic (exact) mass is 258 g/mol. The predicted octanol–water partition coefficient (Wildman–Crippen LogP) is 3.37. The van der Waals surface area contributed by atoms with Crippen LogP contribution in [0.15, 0.2) is 18.2 Å². The summed E-state index contributed by atoms with van der Waals surface area (Å²) in [4.78, 5) is 0. The molecule has 94 valence electrons. The maximum atomic E-state index is 13.0. The standard InChI is InChI=1S/C13H16ClFO2/c14-8-11-7-12(15)1-2-13(11)17-9-10-3-5-16-6-4-10/h1-2,7,10H,3-6,8-9H2. The summed E-state index contributed by atoms with van der Waals surface area (Å²) in [5.74, 6) is 1.20. The average Bonchev–Trinajstić information content (AvgIpc) is 2.38. The zero-order valence-corrected chi connectivity index (χ0v) is 10.4. The Kier molecular flexibility index (Phi) is 4.63. The Morgan fingerprint density at radius 1 is 1.35 bits per heavy atom. The van der Waals surface area contributed by atoms with Gasteiger partial charge in [0, 0.05) is 18.8 Å². The zero-order chi connectivity index (χ0) is 12.1. The Hall–Kier alpha value is -0.800. The van der Waals surface area contributed by atoms with Crippen LogP contribution in [0.5, 0.6) is 5.75 Å². The first-order valence-electron chi connectivity index (χ1n) is 5.84. The number of rotatable bonds is 4. The first kappa shape index (κ1) is 12.7. The third kappa shape index (κ3) is 3.58. The summed E-state index contributed by atoms with van der Waals surface area (Å²) in [7, 11) is 0. The Bertz CT molecular complexity index is 364. The fourth-order valence-corrected chi connectivity index (χ4v) is 2.12. The Labute approximate surface area is 106 Å². The number of ether oxygens (including phenoxy) is 2. The molecule has 0 amide bonds. The number of halogens is 2. The molecule has 1 aliphatic heterocycles. The van der Waals surface area contributed by atoms with Gasteiger partial charge in [0.1, 0.15) is 11.6 Å². The van der Waals surface area contributed by atoms with Crippen LogP contribution in [0.25, 0.3) is 0 Å². The normalized spacial score (nSPS) is 17.1. The van der Waals surface area contributed by atoms with Crippen LogP contribution in [-0.2, 0) is 10.6 Å². The molecule has 0 radical (unpaired) electrons. The van der Waals surface area contributed by atoms with Crippen molar-refractivity contribution in [3.63, 3.8) is 0 Å². The van der Waals surface area contributed by atoms with Crippen LogP contribution in [0.1, 0.15) is 18.4 Å². The molecular formula is C13H16ClFO2. The summed E-state index contributed by atoms with van der Waals surface area (Å²) in [6, 6.07) is 4.47. The highest BCUT2D eigenvalue weighted by molar-refractivity contribution is 6.17. The number of hydrogen-bond acceptors (Lipinski definition) is 2. The molecule has 4 heteroatoms. The van der Waals surface area contributed by atoms with E-state index in [1.54, 1.807) is 6.07 Å². The van der Waals surface area contributed by atoms with Gasteiger partial charge in [0.25, 0.3) is 0 Å². The van der Waals surface area contributed by atoms with Gasteiger partial charge >= 0.3 is 0 Å². The van der Waals surface area contributed by atoms with Gasteiger partial charge in [-0.15, -0.1) is 11.6 Å². The average molecular weight is 259 g/mol. The molecule has 0 aliphatic carbocycles. The van der Waals surface area contributed by atoms with E-state index >= 15 is 0 Å². The van der Waals surface area contributed by atoms with Crippen LogP contribution in [-0.4, -0.2) is 19.8 Å². The SMILES string of the molecule is Fc1ccc(OCC2CCOCC2)c(CCl)c1. The van der Waals surface area contributed by atoms with Gasteiger partial charge in [0.05, 0.1) is 12.5 Å². The number of alkyl halides is 1. The van der Waals surface area contributed by atoms with Crippen molar-refractivity contribution in [2.45, 2.75) is 18.7 Å². The second-order valence-electron chi connectivity index (χ2n) is 4.25. The van der Waals surface area contributed by atoms with E-state index in [0.717, 1.165) is 26.1 Å². The second-order valence-corrected chi connectivity index (χ2v) is 4.52. The molecule has 1 saturated heterocycles. The van der Waals surface area contributed by atoms with Gasteiger partial charge in [-0.3, -0.25) is 0 Å². The van der Waals surface area contributed by atoms with Crippen molar-refractivity contribution < 1.29 is 13.9 Å². The van der Waals surface area contributed by atoms with Gasteiger partial charge in [-0.05, 0) is 37.0 Å². The predicted molar refractivity (Wildman–Crippen MR) is 65.0 cm³/mol. The molecule has 1 heterocycles. The summed E-state index contributed by atoms with van der Waals surface area (Å²) in [5.41, 5.74) is 0.707. The fraction of sp³-hybridized carbons (Fsp3) is 0.538. The van der Waals surface area contributed by atoms with Crippen molar-refractivity contribution in [3.8, 4) is 5.75 Å². The third-order valence-electron chi connectivity index (χ3n) is 2.98. The van der Waals surface area contributed by atoms with E-state index in [2.05, 4.69) is 0 Å². The summed E-state index contributed by atoms with van der Waals surface area (Å²) in [6.07, 6.45) is 2.05. The van der Waals surface area contributed by atoms with Gasteiger partial charge < -0.3 is 9.47 Å². The minimum absolute atomic E-state index is 0.265. The van der Waals surface area contributed by atoms with E-state index in [0.29, 0.717) is 23.8 Å². The highest BCUT2D eigenvalue weighted by Gasteiger charge is 2.15. The van der Waals surface area contributed by atoms with Crippen LogP contribution < -0.4 is 4.74 Å². The maximum Gasteiger partial charge on any atom is 0.123 e. The molecule has 0 saturated carbocycles. The van der Waals surface area contributed by atoms with Crippen LogP contribution in [0.2, 0.25) is 0 Å². The van der Waals surface area contributed by atoms with E-state index in [1.807, 2.05) is 0 Å². The third-order valence-corrected chi connectivity index (χ3v) is 3.27. The molecule has 0 N–H and O–H groups in total. The Morgan fingerprint density at radius 3 is 2.82 bits per heavy atom. The Morgan fingerprint density at radius 2 is 2.12 bits per heavy atom. The van der Waals surface area contributed by atoms with Gasteiger partial charge in [-0.2, -0.15) is 0 Å². The van der Waals surface area contributed by atoms with Crippen molar-refractivity contribution in [1.82, 2.24) is 0 Å². The lowest BCUT2D eigenvalue weighted by Gasteiger charge is -2.22. The molecule has 1 aromatic carbocycles. The summed E-state index contributed by atoms with van der Waals surface area (Å²) >= 11 is 5.76. The van der Waals surface area contributed by atoms with Crippen molar-refractivity contribution in [2.75, 3.05) is 19.8 Å². The van der Waals surface area contributed by atoms with E-state index in [-0.39, 0.29) is 11.7 Å². The summed E-state index contributed by atoms with van der Waals surface area (Å²) < 4.78 is 24.0. The van der Waals surface area contributed by atoms with E-state index < -0.39 is 0 Å². The molecule has 0 aromatic heterocycles. The van der Waals surface area contributed by atoms with Gasteiger partial charge in [0.2, 0.25) is 0 Å². The molecule has 0 unspecified atom stereocenters. The smallest absolute Gasteiger partial charge is 0.123 e. The van der Waals surface area contributed by atoms with Crippen molar-refractivity contribution >= 4 is 11.6 Å². The minimum Gasteiger partial charge on any atom is -0.493 e. The van der Waals surface area contributed by atoms with Gasteiger partial charge in [-0.25, -0.2) is 4.39 Å². The molecule has 2 nitrogen and oxygen atoms in total. The van der Waals surface area contributed by atoms with E-state index in [4.69, 9.17) is 21.1 Å². The minimum atomic E-state index is -0.279. The van der Waals surface area contributed by atoms with Crippen molar-refractivity contribution in [3.05, 3.63) is 29.6 Å². The summed E-state index contributed by atoms with van der Waals surface area (Å²) in [5, 5.41) is 0. The molecule has 0 atom stereocenters. The first-order valence-corrected chi connectivity index (χ1v) is 6.38. The quantitative estimate of drug-likeness (QED) is 0.771. The zero-order valence-electron chi connectivity index (χ0n) is 9.62. The number of benzene rings is 1. The topological polar surface area (TPSA) is 18.5 Å². The van der Waals surface area contributed by atoms with Crippen molar-refractivity contribution in [1.29, 1.82) is 0 Å². The van der Waals surface area contributed by atoms with E-state index in [9.17, 15) is 4.39 Å². The maximum absolute atomic E-state index is 13.0. The van der Waals surface area contributed by atoms with Crippen LogP contribution >= 0.6 is 11.6 Å². The highest BCUT2D eigenvalue weighted by Crippen LogP contribution is 2.23. The molecular weight excluding hydrogens is 243 g/mol. The number of hydrogen-bond donors (Lipinski definition) is 0. The molecule has 1 fully saturated rings. The molecule has 0 spiro atoms. The molecule has 17 heavy (non-hydrogen) atoms. The lowest BCUT2D eigenvalue weighted by atomic mass is 10.0. The van der Waals surface area contributed by atoms with Crippen LogP contribution in [0, 0.1) is 11.7 Å². The molecule has 2 rings (SSSR count). The lowest BCUT2D eigenvalue weighted by molar-refractivity contribution is 0.0496.